The van der Waals surface area contributed by atoms with Crippen LogP contribution in [0.25, 0.3) is 11.1 Å². The van der Waals surface area contributed by atoms with E-state index in [-0.39, 0.29) is 30.0 Å². The molecule has 0 saturated heterocycles. The Morgan fingerprint density at radius 3 is 2.33 bits per heavy atom. The van der Waals surface area contributed by atoms with E-state index < -0.39 is 17.6 Å². The van der Waals surface area contributed by atoms with Gasteiger partial charge >= 0.3 is 6.18 Å². The van der Waals surface area contributed by atoms with Crippen molar-refractivity contribution in [3.63, 3.8) is 0 Å². The normalized spacial score (nSPS) is 11.5. The van der Waals surface area contributed by atoms with Crippen molar-refractivity contribution in [2.24, 2.45) is 5.73 Å². The van der Waals surface area contributed by atoms with Gasteiger partial charge in [0.25, 0.3) is 0 Å². The van der Waals surface area contributed by atoms with Crippen molar-refractivity contribution in [3.8, 4) is 16.9 Å². The van der Waals surface area contributed by atoms with Crippen LogP contribution in [0.5, 0.6) is 5.75 Å². The van der Waals surface area contributed by atoms with Crippen molar-refractivity contribution in [1.29, 1.82) is 0 Å². The summed E-state index contributed by atoms with van der Waals surface area (Å²) in [6.07, 6.45) is -4.61. The molecule has 112 valence electrons. The number of hydrogen-bond donors (Lipinski definition) is 1. The van der Waals surface area contributed by atoms with E-state index in [2.05, 4.69) is 0 Å². The summed E-state index contributed by atoms with van der Waals surface area (Å²) in [5.74, 6) is -0.661. The van der Waals surface area contributed by atoms with Crippen LogP contribution in [0.4, 0.5) is 17.6 Å². The van der Waals surface area contributed by atoms with Gasteiger partial charge in [0.15, 0.2) is 0 Å². The fraction of sp³-hybridized carbons (Fsp3) is 0.200. The molecule has 0 saturated carbocycles. The minimum Gasteiger partial charge on any atom is -0.492 e. The Morgan fingerprint density at radius 2 is 1.71 bits per heavy atom. The first kappa shape index (κ1) is 15.3. The first-order chi connectivity index (χ1) is 9.93. The first-order valence-corrected chi connectivity index (χ1v) is 6.22. The third-order valence-electron chi connectivity index (χ3n) is 2.85. The summed E-state index contributed by atoms with van der Waals surface area (Å²) in [5.41, 5.74) is 3.98. The van der Waals surface area contributed by atoms with Gasteiger partial charge in [0.1, 0.15) is 18.2 Å². The quantitative estimate of drug-likeness (QED) is 0.870. The summed E-state index contributed by atoms with van der Waals surface area (Å²) in [7, 11) is 0. The van der Waals surface area contributed by atoms with Crippen LogP contribution in [-0.4, -0.2) is 13.2 Å². The molecule has 2 nitrogen and oxygen atoms in total. The molecule has 0 atom stereocenters. The van der Waals surface area contributed by atoms with Crippen LogP contribution >= 0.6 is 0 Å². The molecule has 0 spiro atoms. The molecular formula is C15H13F4NO. The van der Waals surface area contributed by atoms with Gasteiger partial charge < -0.3 is 10.5 Å². The van der Waals surface area contributed by atoms with Gasteiger partial charge in [-0.1, -0.05) is 18.2 Å². The second kappa shape index (κ2) is 6.13. The lowest BCUT2D eigenvalue weighted by Crippen LogP contribution is -2.12. The average Bonchev–Trinajstić information content (AvgIpc) is 2.44. The van der Waals surface area contributed by atoms with E-state index in [1.54, 1.807) is 0 Å². The maximum atomic E-state index is 13.7. The molecule has 0 radical (unpaired) electrons. The van der Waals surface area contributed by atoms with Crippen molar-refractivity contribution in [1.82, 2.24) is 0 Å². The maximum absolute atomic E-state index is 13.7. The lowest BCUT2D eigenvalue weighted by molar-refractivity contribution is -0.137. The molecule has 0 aromatic heterocycles. The van der Waals surface area contributed by atoms with Crippen LogP contribution in [0.15, 0.2) is 42.5 Å². The lowest BCUT2D eigenvalue weighted by atomic mass is 9.98. The van der Waals surface area contributed by atoms with Crippen LogP contribution in [0, 0.1) is 5.82 Å². The van der Waals surface area contributed by atoms with Gasteiger partial charge in [-0.2, -0.15) is 13.2 Å². The Balaban J connectivity index is 2.53. The fourth-order valence-electron chi connectivity index (χ4n) is 1.94. The molecule has 6 heteroatoms. The number of alkyl halides is 3. The summed E-state index contributed by atoms with van der Waals surface area (Å²) in [6, 6.07) is 8.76. The minimum absolute atomic E-state index is 0.0489. The van der Waals surface area contributed by atoms with Crippen molar-refractivity contribution in [3.05, 3.63) is 53.8 Å². The standard InChI is InChI=1S/C15H13F4NO/c16-14-4-2-1-3-12(14)11-6-5-10(21-8-7-20)9-13(11)15(17,18)19/h1-6,9H,7-8,20H2. The summed E-state index contributed by atoms with van der Waals surface area (Å²) in [4.78, 5) is 0. The first-order valence-electron chi connectivity index (χ1n) is 6.22. The molecule has 0 bridgehead atoms. The van der Waals surface area contributed by atoms with Crippen molar-refractivity contribution in [2.45, 2.75) is 6.18 Å². The van der Waals surface area contributed by atoms with E-state index in [4.69, 9.17) is 10.5 Å². The van der Waals surface area contributed by atoms with Crippen LogP contribution in [0.1, 0.15) is 5.56 Å². The zero-order valence-corrected chi connectivity index (χ0v) is 11.0. The Labute approximate surface area is 119 Å². The highest BCUT2D eigenvalue weighted by molar-refractivity contribution is 5.69. The fourth-order valence-corrected chi connectivity index (χ4v) is 1.94. The van der Waals surface area contributed by atoms with Gasteiger partial charge in [-0.3, -0.25) is 0 Å². The molecule has 0 aliphatic heterocycles. The molecule has 2 aromatic rings. The monoisotopic (exact) mass is 299 g/mol. The number of hydrogen-bond acceptors (Lipinski definition) is 2. The number of benzene rings is 2. The maximum Gasteiger partial charge on any atom is 0.417 e. The van der Waals surface area contributed by atoms with Gasteiger partial charge in [0.2, 0.25) is 0 Å². The summed E-state index contributed by atoms with van der Waals surface area (Å²) < 4.78 is 58.3. The Bertz CT molecular complexity index is 625. The van der Waals surface area contributed by atoms with E-state index in [0.717, 1.165) is 12.1 Å². The number of ether oxygens (including phenoxy) is 1. The van der Waals surface area contributed by atoms with E-state index in [1.165, 1.54) is 30.3 Å². The zero-order valence-electron chi connectivity index (χ0n) is 11.0. The molecule has 21 heavy (non-hydrogen) atoms. The third kappa shape index (κ3) is 3.52. The minimum atomic E-state index is -4.61. The second-order valence-corrected chi connectivity index (χ2v) is 4.32. The van der Waals surface area contributed by atoms with Crippen molar-refractivity contribution >= 4 is 0 Å². The van der Waals surface area contributed by atoms with Crippen molar-refractivity contribution < 1.29 is 22.3 Å². The number of halogens is 4. The highest BCUT2D eigenvalue weighted by atomic mass is 19.4. The molecular weight excluding hydrogens is 286 g/mol. The number of nitrogens with two attached hydrogens (primary N) is 1. The molecule has 0 aliphatic rings. The van der Waals surface area contributed by atoms with Crippen LogP contribution < -0.4 is 10.5 Å². The van der Waals surface area contributed by atoms with E-state index >= 15 is 0 Å². The molecule has 2 rings (SSSR count). The molecule has 2 N–H and O–H groups in total. The molecule has 0 heterocycles. The Hall–Kier alpha value is -2.08. The highest BCUT2D eigenvalue weighted by Gasteiger charge is 2.34. The topological polar surface area (TPSA) is 35.2 Å². The second-order valence-electron chi connectivity index (χ2n) is 4.32. The van der Waals surface area contributed by atoms with Gasteiger partial charge in [0, 0.05) is 12.1 Å². The third-order valence-corrected chi connectivity index (χ3v) is 2.85. The zero-order chi connectivity index (χ0) is 15.5. The SMILES string of the molecule is NCCOc1ccc(-c2ccccc2F)c(C(F)(F)F)c1. The number of rotatable bonds is 4. The van der Waals surface area contributed by atoms with Crippen molar-refractivity contribution in [2.75, 3.05) is 13.2 Å². The highest BCUT2D eigenvalue weighted by Crippen LogP contribution is 2.39. The van der Waals surface area contributed by atoms with Crippen LogP contribution in [0.2, 0.25) is 0 Å². The van der Waals surface area contributed by atoms with E-state index in [0.29, 0.717) is 0 Å². The van der Waals surface area contributed by atoms with Gasteiger partial charge in [-0.05, 0) is 29.8 Å². The molecule has 0 aliphatic carbocycles. The predicted molar refractivity (Wildman–Crippen MR) is 71.4 cm³/mol. The Kier molecular flexibility index (Phi) is 4.47. The van der Waals surface area contributed by atoms with Gasteiger partial charge in [-0.25, -0.2) is 4.39 Å². The smallest absolute Gasteiger partial charge is 0.417 e. The summed E-state index contributed by atoms with van der Waals surface area (Å²) in [6.45, 7) is 0.298. The van der Waals surface area contributed by atoms with Crippen LogP contribution in [-0.2, 0) is 6.18 Å². The van der Waals surface area contributed by atoms with Crippen LogP contribution in [0.3, 0.4) is 0 Å². The Morgan fingerprint density at radius 1 is 1.00 bits per heavy atom. The van der Waals surface area contributed by atoms with Gasteiger partial charge in [-0.15, -0.1) is 0 Å². The summed E-state index contributed by atoms with van der Waals surface area (Å²) >= 11 is 0. The van der Waals surface area contributed by atoms with E-state index in [9.17, 15) is 17.6 Å². The predicted octanol–water partition coefficient (Wildman–Crippen LogP) is 3.85. The molecule has 0 unspecified atom stereocenters. The van der Waals surface area contributed by atoms with E-state index in [1.807, 2.05) is 0 Å². The largest absolute Gasteiger partial charge is 0.492 e. The molecule has 2 aromatic carbocycles. The molecule has 0 amide bonds. The lowest BCUT2D eigenvalue weighted by Gasteiger charge is -2.15. The molecule has 0 fully saturated rings. The average molecular weight is 299 g/mol. The van der Waals surface area contributed by atoms with Gasteiger partial charge in [0.05, 0.1) is 5.56 Å². The summed E-state index contributed by atoms with van der Waals surface area (Å²) in [5, 5.41) is 0.